The number of rotatable bonds is 14. The number of halogens is 1. The summed E-state index contributed by atoms with van der Waals surface area (Å²) in [6.45, 7) is 17.6. The lowest BCUT2D eigenvalue weighted by atomic mass is 10.3. The van der Waals surface area contributed by atoms with Crippen molar-refractivity contribution in [3.05, 3.63) is 59.9 Å². The first-order chi connectivity index (χ1) is 20.9. The quantitative estimate of drug-likeness (QED) is 0.153. The third-order valence-corrected chi connectivity index (χ3v) is 14.2. The van der Waals surface area contributed by atoms with E-state index in [1.807, 2.05) is 32.0 Å². The summed E-state index contributed by atoms with van der Waals surface area (Å²) in [5.41, 5.74) is 3.20. The maximum absolute atomic E-state index is 13.5. The van der Waals surface area contributed by atoms with Gasteiger partial charge in [0.25, 0.3) is 5.91 Å². The van der Waals surface area contributed by atoms with Gasteiger partial charge in [-0.15, -0.1) is 0 Å². The lowest BCUT2D eigenvalue weighted by Gasteiger charge is -2.42. The van der Waals surface area contributed by atoms with Crippen LogP contribution in [0.25, 0.3) is 16.7 Å². The topological polar surface area (TPSA) is 126 Å². The summed E-state index contributed by atoms with van der Waals surface area (Å²) in [5.74, 6) is 0.0186. The zero-order chi connectivity index (χ0) is 32.0. The first-order valence-electron chi connectivity index (χ1n) is 14.9. The van der Waals surface area contributed by atoms with Crippen LogP contribution in [0.3, 0.4) is 0 Å². The Labute approximate surface area is 264 Å². The molecule has 0 radical (unpaired) electrons. The van der Waals surface area contributed by atoms with Crippen molar-refractivity contribution in [3.8, 4) is 11.6 Å². The number of carbonyl (C=O) groups is 1. The molecule has 1 N–H and O–H groups in total. The van der Waals surface area contributed by atoms with E-state index in [1.54, 1.807) is 23.1 Å². The van der Waals surface area contributed by atoms with Gasteiger partial charge in [-0.1, -0.05) is 65.3 Å². The van der Waals surface area contributed by atoms with Crippen LogP contribution < -0.4 is 10.1 Å². The Hall–Kier alpha value is -3.45. The number of benzene rings is 1. The van der Waals surface area contributed by atoms with Crippen molar-refractivity contribution >= 4 is 42.7 Å². The molecule has 0 fully saturated rings. The Morgan fingerprint density at radius 3 is 2.27 bits per heavy atom. The molecular formula is C31H42ClN7O4Si. The SMILES string of the molecule is Cc1cnc(NC(=O)[C@H](CO[C@H](C)CO[Si](C(C)C)(C(C)C)C(C)C)Oc2ncnc3c2cnn3-c2ccccc2Cl)cn1. The van der Waals surface area contributed by atoms with Gasteiger partial charge in [0.15, 0.2) is 19.8 Å². The van der Waals surface area contributed by atoms with Gasteiger partial charge < -0.3 is 19.2 Å². The van der Waals surface area contributed by atoms with Crippen molar-refractivity contribution in [1.29, 1.82) is 0 Å². The highest BCUT2D eigenvalue weighted by atomic mass is 35.5. The largest absolute Gasteiger partial charge is 0.461 e. The standard InChI is InChI=1S/C31H42ClN7O4Si/c1-19(2)44(20(3)4,21(5)6)42-16-23(8)41-17-27(30(40)38-28-15-33-22(7)13-34-28)43-31-24-14-37-39(29(24)35-18-36-31)26-12-10-9-11-25(26)32/h9-15,18-21,23,27H,16-17H2,1-8H3,(H,34,38,40)/t23-,27+/m1/s1. The number of nitrogens with one attached hydrogen (secondary N) is 1. The van der Waals surface area contributed by atoms with Crippen LogP contribution in [0.2, 0.25) is 21.6 Å². The second-order valence-corrected chi connectivity index (χ2v) is 17.7. The minimum Gasteiger partial charge on any atom is -0.461 e. The van der Waals surface area contributed by atoms with Gasteiger partial charge in [-0.05, 0) is 42.6 Å². The Morgan fingerprint density at radius 2 is 1.64 bits per heavy atom. The molecule has 1 amide bonds. The van der Waals surface area contributed by atoms with Crippen molar-refractivity contribution in [2.24, 2.45) is 0 Å². The fourth-order valence-corrected chi connectivity index (χ4v) is 11.5. The lowest BCUT2D eigenvalue weighted by Crippen LogP contribution is -2.49. The van der Waals surface area contributed by atoms with Crippen molar-refractivity contribution in [1.82, 2.24) is 29.7 Å². The van der Waals surface area contributed by atoms with Crippen molar-refractivity contribution < 1.29 is 18.7 Å². The van der Waals surface area contributed by atoms with E-state index in [-0.39, 0.29) is 18.6 Å². The predicted octanol–water partition coefficient (Wildman–Crippen LogP) is 6.55. The molecule has 0 bridgehead atoms. The Bertz CT molecular complexity index is 1530. The van der Waals surface area contributed by atoms with E-state index >= 15 is 0 Å². The molecule has 4 aromatic rings. The van der Waals surface area contributed by atoms with Crippen LogP contribution in [0.5, 0.6) is 5.88 Å². The van der Waals surface area contributed by atoms with Gasteiger partial charge in [0.1, 0.15) is 11.7 Å². The summed E-state index contributed by atoms with van der Waals surface area (Å²) in [4.78, 5) is 30.7. The average molecular weight is 640 g/mol. The van der Waals surface area contributed by atoms with E-state index in [0.717, 1.165) is 5.69 Å². The number of ether oxygens (including phenoxy) is 2. The molecule has 0 unspecified atom stereocenters. The molecule has 1 aromatic carbocycles. The van der Waals surface area contributed by atoms with E-state index < -0.39 is 20.3 Å². The molecule has 44 heavy (non-hydrogen) atoms. The lowest BCUT2D eigenvalue weighted by molar-refractivity contribution is -0.127. The monoisotopic (exact) mass is 639 g/mol. The average Bonchev–Trinajstić information content (AvgIpc) is 3.41. The van der Waals surface area contributed by atoms with Crippen LogP contribution in [-0.2, 0) is 14.0 Å². The first kappa shape index (κ1) is 33.4. The maximum atomic E-state index is 13.5. The smallest absolute Gasteiger partial charge is 0.269 e. The molecule has 0 aliphatic heterocycles. The number of aryl methyl sites for hydroxylation is 1. The number of anilines is 1. The van der Waals surface area contributed by atoms with E-state index in [0.29, 0.717) is 50.8 Å². The molecular weight excluding hydrogens is 598 g/mol. The molecule has 11 nitrogen and oxygen atoms in total. The van der Waals surface area contributed by atoms with Crippen molar-refractivity contribution in [2.75, 3.05) is 18.5 Å². The second-order valence-electron chi connectivity index (χ2n) is 11.8. The number of amides is 1. The molecule has 13 heteroatoms. The van der Waals surface area contributed by atoms with Gasteiger partial charge in [-0.25, -0.2) is 19.6 Å². The highest BCUT2D eigenvalue weighted by Gasteiger charge is 2.45. The van der Waals surface area contributed by atoms with Crippen molar-refractivity contribution in [3.63, 3.8) is 0 Å². The number of aromatic nitrogens is 6. The third kappa shape index (κ3) is 7.43. The molecule has 4 rings (SSSR count). The zero-order valence-corrected chi connectivity index (χ0v) is 28.4. The van der Waals surface area contributed by atoms with Gasteiger partial charge >= 0.3 is 0 Å². The highest BCUT2D eigenvalue weighted by molar-refractivity contribution is 6.77. The van der Waals surface area contributed by atoms with Gasteiger partial charge in [-0.2, -0.15) is 5.10 Å². The summed E-state index contributed by atoms with van der Waals surface area (Å²) in [7, 11) is -2.09. The Morgan fingerprint density at radius 1 is 0.932 bits per heavy atom. The maximum Gasteiger partial charge on any atom is 0.269 e. The molecule has 0 aliphatic carbocycles. The Kier molecular flexibility index (Phi) is 11.1. The fourth-order valence-electron chi connectivity index (χ4n) is 5.74. The number of fused-ring (bicyclic) bond motifs is 1. The van der Waals surface area contributed by atoms with Gasteiger partial charge in [0.2, 0.25) is 12.0 Å². The Balaban J connectivity index is 1.56. The molecule has 3 heterocycles. The number of carbonyl (C=O) groups excluding carboxylic acids is 1. The molecule has 0 spiro atoms. The van der Waals surface area contributed by atoms with Crippen LogP contribution in [0, 0.1) is 6.92 Å². The fraction of sp³-hybridized carbons (Fsp3) is 0.484. The van der Waals surface area contributed by atoms with E-state index in [2.05, 4.69) is 71.9 Å². The van der Waals surface area contributed by atoms with Gasteiger partial charge in [-0.3, -0.25) is 9.78 Å². The zero-order valence-electron chi connectivity index (χ0n) is 26.6. The van der Waals surface area contributed by atoms with E-state index in [9.17, 15) is 4.79 Å². The highest BCUT2D eigenvalue weighted by Crippen LogP contribution is 2.42. The summed E-state index contributed by atoms with van der Waals surface area (Å²) in [5, 5.41) is 8.27. The normalized spacial score (nSPS) is 13.5. The number of hydrogen-bond donors (Lipinski definition) is 1. The summed E-state index contributed by atoms with van der Waals surface area (Å²) >= 11 is 6.42. The van der Waals surface area contributed by atoms with Gasteiger partial charge in [0.05, 0.1) is 54.3 Å². The van der Waals surface area contributed by atoms with Crippen LogP contribution in [0.1, 0.15) is 54.2 Å². The summed E-state index contributed by atoms with van der Waals surface area (Å²) < 4.78 is 20.7. The number of para-hydroxylation sites is 1. The minimum absolute atomic E-state index is 0.0562. The van der Waals surface area contributed by atoms with Crippen LogP contribution in [0.4, 0.5) is 5.82 Å². The molecule has 0 aliphatic rings. The van der Waals surface area contributed by atoms with Crippen LogP contribution >= 0.6 is 11.6 Å². The van der Waals surface area contributed by atoms with Gasteiger partial charge in [0, 0.05) is 0 Å². The van der Waals surface area contributed by atoms with Crippen LogP contribution in [0.15, 0.2) is 49.2 Å². The van der Waals surface area contributed by atoms with Crippen molar-refractivity contribution in [2.45, 2.75) is 84.2 Å². The first-order valence-corrected chi connectivity index (χ1v) is 17.4. The summed E-state index contributed by atoms with van der Waals surface area (Å²) in [6.07, 6.45) is 4.64. The minimum atomic E-state index is -2.09. The van der Waals surface area contributed by atoms with E-state index in [4.69, 9.17) is 25.5 Å². The molecule has 236 valence electrons. The summed E-state index contributed by atoms with van der Waals surface area (Å²) in [6, 6.07) is 7.31. The van der Waals surface area contributed by atoms with E-state index in [1.165, 1.54) is 12.5 Å². The third-order valence-electron chi connectivity index (χ3n) is 7.80. The number of nitrogens with zero attached hydrogens (tertiary/aromatic N) is 6. The molecule has 0 saturated carbocycles. The molecule has 0 saturated heterocycles. The number of hydrogen-bond acceptors (Lipinski definition) is 9. The predicted molar refractivity (Wildman–Crippen MR) is 174 cm³/mol. The van der Waals surface area contributed by atoms with Crippen LogP contribution in [-0.4, -0.2) is 69.4 Å². The molecule has 2 atom stereocenters. The second kappa shape index (κ2) is 14.6. The molecule has 3 aromatic heterocycles.